The van der Waals surface area contributed by atoms with Crippen molar-refractivity contribution < 1.29 is 4.39 Å². The predicted octanol–water partition coefficient (Wildman–Crippen LogP) is 3.67. The van der Waals surface area contributed by atoms with Gasteiger partial charge in [-0.1, -0.05) is 18.5 Å². The zero-order chi connectivity index (χ0) is 12.4. The Morgan fingerprint density at radius 3 is 3.00 bits per heavy atom. The van der Waals surface area contributed by atoms with Gasteiger partial charge in [-0.05, 0) is 36.8 Å². The van der Waals surface area contributed by atoms with Gasteiger partial charge in [-0.25, -0.2) is 4.39 Å². The van der Waals surface area contributed by atoms with Crippen molar-refractivity contribution >= 4 is 23.8 Å². The van der Waals surface area contributed by atoms with E-state index in [2.05, 4.69) is 10.2 Å². The Morgan fingerprint density at radius 2 is 2.29 bits per heavy atom. The van der Waals surface area contributed by atoms with Crippen molar-refractivity contribution in [1.82, 2.24) is 14.8 Å². The Morgan fingerprint density at radius 1 is 1.53 bits per heavy atom. The van der Waals surface area contributed by atoms with E-state index in [4.69, 9.17) is 23.8 Å². The molecule has 0 radical (unpaired) electrons. The first-order valence-electron chi connectivity index (χ1n) is 5.25. The molecule has 0 saturated carbocycles. The molecule has 1 N–H and O–H groups in total. The van der Waals surface area contributed by atoms with Crippen molar-refractivity contribution in [1.29, 1.82) is 0 Å². The zero-order valence-electron chi connectivity index (χ0n) is 9.20. The summed E-state index contributed by atoms with van der Waals surface area (Å²) in [7, 11) is 0. The fourth-order valence-electron chi connectivity index (χ4n) is 1.63. The zero-order valence-corrected chi connectivity index (χ0v) is 10.8. The Labute approximate surface area is 108 Å². The minimum atomic E-state index is -0.352. The highest BCUT2D eigenvalue weighted by atomic mass is 35.5. The second-order valence-corrected chi connectivity index (χ2v) is 4.42. The lowest BCUT2D eigenvalue weighted by Crippen LogP contribution is -2.02. The summed E-state index contributed by atoms with van der Waals surface area (Å²) in [5.41, 5.74) is 0.522. The van der Waals surface area contributed by atoms with Crippen molar-refractivity contribution in [2.24, 2.45) is 0 Å². The molecule has 0 fully saturated rings. The molecule has 90 valence electrons. The fraction of sp³-hybridized carbons (Fsp3) is 0.273. The summed E-state index contributed by atoms with van der Waals surface area (Å²) in [5.74, 6) is 0.403. The molecule has 0 spiro atoms. The Hall–Kier alpha value is -1.20. The van der Waals surface area contributed by atoms with Crippen molar-refractivity contribution in [3.05, 3.63) is 39.6 Å². The highest BCUT2D eigenvalue weighted by Crippen LogP contribution is 2.23. The van der Waals surface area contributed by atoms with Gasteiger partial charge in [-0.3, -0.25) is 9.67 Å². The number of rotatable bonds is 3. The second-order valence-electron chi connectivity index (χ2n) is 3.63. The van der Waals surface area contributed by atoms with Gasteiger partial charge in [0.25, 0.3) is 0 Å². The van der Waals surface area contributed by atoms with Gasteiger partial charge in [0.05, 0.1) is 10.7 Å². The molecule has 0 aliphatic rings. The molecule has 0 saturated heterocycles. The third-order valence-electron chi connectivity index (χ3n) is 2.36. The highest BCUT2D eigenvalue weighted by Gasteiger charge is 2.11. The molecule has 3 nitrogen and oxygen atoms in total. The first kappa shape index (κ1) is 12.3. The van der Waals surface area contributed by atoms with E-state index in [1.54, 1.807) is 4.57 Å². The molecule has 0 unspecified atom stereocenters. The molecule has 0 bridgehead atoms. The number of nitrogens with one attached hydrogen (secondary N) is 1. The van der Waals surface area contributed by atoms with E-state index in [1.807, 2.05) is 6.92 Å². The molecule has 2 aromatic rings. The number of aromatic amines is 1. The van der Waals surface area contributed by atoms with Crippen molar-refractivity contribution in [3.63, 3.8) is 0 Å². The first-order chi connectivity index (χ1) is 8.13. The van der Waals surface area contributed by atoms with Crippen LogP contribution in [0.15, 0.2) is 18.2 Å². The Bertz CT molecular complexity index is 591. The average molecular weight is 272 g/mol. The Balaban J connectivity index is 2.63. The number of aryl methyl sites for hydroxylation is 1. The molecular weight excluding hydrogens is 261 g/mol. The minimum absolute atomic E-state index is 0.352. The van der Waals surface area contributed by atoms with Gasteiger partial charge >= 0.3 is 0 Å². The van der Waals surface area contributed by atoms with E-state index in [0.717, 1.165) is 18.7 Å². The third kappa shape index (κ3) is 2.40. The number of nitrogens with zero attached hydrogens (tertiary/aromatic N) is 2. The number of H-pyrrole nitrogens is 1. The molecule has 6 heteroatoms. The maximum atomic E-state index is 13.3. The summed E-state index contributed by atoms with van der Waals surface area (Å²) in [4.78, 5) is 0. The van der Waals surface area contributed by atoms with Crippen LogP contribution in [0.1, 0.15) is 19.2 Å². The fourth-order valence-corrected chi connectivity index (χ4v) is 2.08. The molecule has 0 amide bonds. The van der Waals surface area contributed by atoms with Crippen LogP contribution in [-0.2, 0) is 6.42 Å². The molecule has 0 aliphatic heterocycles. The molecule has 0 aliphatic carbocycles. The largest absolute Gasteiger partial charge is 0.271 e. The van der Waals surface area contributed by atoms with Crippen LogP contribution >= 0.6 is 23.8 Å². The van der Waals surface area contributed by atoms with Gasteiger partial charge in [0.1, 0.15) is 11.6 Å². The number of hydrogen-bond donors (Lipinski definition) is 1. The van der Waals surface area contributed by atoms with Gasteiger partial charge < -0.3 is 0 Å². The SMILES string of the molecule is CCCc1n[nH]c(=S)n1-c1cc(F)ccc1Cl. The summed E-state index contributed by atoms with van der Waals surface area (Å²) in [5, 5.41) is 7.26. The highest BCUT2D eigenvalue weighted by molar-refractivity contribution is 7.71. The third-order valence-corrected chi connectivity index (χ3v) is 2.96. The molecule has 0 atom stereocenters. The molecule has 1 aromatic carbocycles. The lowest BCUT2D eigenvalue weighted by Gasteiger charge is -2.08. The molecular formula is C11H11ClFN3S. The standard InChI is InChI=1S/C11H11ClFN3S/c1-2-3-10-14-15-11(17)16(10)9-6-7(13)4-5-8(9)12/h4-6H,2-3H2,1H3,(H,15,17). The first-order valence-corrected chi connectivity index (χ1v) is 6.04. The van der Waals surface area contributed by atoms with Crippen molar-refractivity contribution in [2.45, 2.75) is 19.8 Å². The van der Waals surface area contributed by atoms with Crippen molar-refractivity contribution in [2.75, 3.05) is 0 Å². The predicted molar refractivity (Wildman–Crippen MR) is 67.7 cm³/mol. The molecule has 2 rings (SSSR count). The second kappa shape index (κ2) is 4.98. The van der Waals surface area contributed by atoms with Crippen LogP contribution < -0.4 is 0 Å². The van der Waals surface area contributed by atoms with Crippen LogP contribution in [0.25, 0.3) is 5.69 Å². The van der Waals surface area contributed by atoms with E-state index in [1.165, 1.54) is 18.2 Å². The minimum Gasteiger partial charge on any atom is -0.271 e. The van der Waals surface area contributed by atoms with E-state index in [-0.39, 0.29) is 5.82 Å². The summed E-state index contributed by atoms with van der Waals surface area (Å²) in [6.45, 7) is 2.04. The maximum absolute atomic E-state index is 13.3. The van der Waals surface area contributed by atoms with Crippen LogP contribution in [0.3, 0.4) is 0 Å². The average Bonchev–Trinajstić information content (AvgIpc) is 2.64. The van der Waals surface area contributed by atoms with Gasteiger partial charge in [0, 0.05) is 6.42 Å². The normalized spacial score (nSPS) is 10.8. The van der Waals surface area contributed by atoms with E-state index in [0.29, 0.717) is 15.5 Å². The summed E-state index contributed by atoms with van der Waals surface area (Å²) < 4.78 is 15.3. The van der Waals surface area contributed by atoms with Crippen LogP contribution in [0.5, 0.6) is 0 Å². The smallest absolute Gasteiger partial charge is 0.199 e. The molecule has 17 heavy (non-hydrogen) atoms. The van der Waals surface area contributed by atoms with Crippen LogP contribution in [-0.4, -0.2) is 14.8 Å². The van der Waals surface area contributed by atoms with Gasteiger partial charge in [-0.15, -0.1) is 0 Å². The van der Waals surface area contributed by atoms with Gasteiger partial charge in [0.15, 0.2) is 4.77 Å². The lowest BCUT2D eigenvalue weighted by atomic mass is 10.2. The van der Waals surface area contributed by atoms with E-state index in [9.17, 15) is 4.39 Å². The van der Waals surface area contributed by atoms with E-state index < -0.39 is 0 Å². The van der Waals surface area contributed by atoms with Gasteiger partial charge in [-0.2, -0.15) is 5.10 Å². The summed E-state index contributed by atoms with van der Waals surface area (Å²) >= 11 is 11.2. The van der Waals surface area contributed by atoms with Crippen LogP contribution in [0.2, 0.25) is 5.02 Å². The topological polar surface area (TPSA) is 33.6 Å². The number of aromatic nitrogens is 3. The van der Waals surface area contributed by atoms with Gasteiger partial charge in [0.2, 0.25) is 0 Å². The molecule has 1 heterocycles. The summed E-state index contributed by atoms with van der Waals surface area (Å²) in [6.07, 6.45) is 1.67. The maximum Gasteiger partial charge on any atom is 0.199 e. The molecule has 1 aromatic heterocycles. The lowest BCUT2D eigenvalue weighted by molar-refractivity contribution is 0.626. The van der Waals surface area contributed by atoms with Crippen molar-refractivity contribution in [3.8, 4) is 5.69 Å². The quantitative estimate of drug-likeness (QED) is 0.864. The van der Waals surface area contributed by atoms with Crippen LogP contribution in [0, 0.1) is 10.6 Å². The Kier molecular flexibility index (Phi) is 3.59. The van der Waals surface area contributed by atoms with Crippen LogP contribution in [0.4, 0.5) is 4.39 Å². The summed E-state index contributed by atoms with van der Waals surface area (Å²) in [6, 6.07) is 4.18. The number of halogens is 2. The van der Waals surface area contributed by atoms with E-state index >= 15 is 0 Å². The monoisotopic (exact) mass is 271 g/mol. The number of hydrogen-bond acceptors (Lipinski definition) is 2. The number of benzene rings is 1.